The van der Waals surface area contributed by atoms with Gasteiger partial charge in [0.05, 0.1) is 13.2 Å². The van der Waals surface area contributed by atoms with Gasteiger partial charge in [-0.2, -0.15) is 0 Å². The molecule has 1 fully saturated rings. The lowest BCUT2D eigenvalue weighted by Crippen LogP contribution is -2.45. The molecule has 1 aromatic rings. The first-order chi connectivity index (χ1) is 7.90. The SMILES string of the molecule is COC(Cc1ccccc1)N1CCOCC1. The summed E-state index contributed by atoms with van der Waals surface area (Å²) in [5.41, 5.74) is 1.32. The molecule has 16 heavy (non-hydrogen) atoms. The van der Waals surface area contributed by atoms with Crippen molar-refractivity contribution in [3.05, 3.63) is 35.9 Å². The standard InChI is InChI=1S/C13H19NO2/c1-15-13(14-7-9-16-10-8-14)11-12-5-3-2-4-6-12/h2-6,13H,7-11H2,1H3. The predicted octanol–water partition coefficient (Wildman–Crippen LogP) is 1.53. The van der Waals surface area contributed by atoms with E-state index in [4.69, 9.17) is 9.47 Å². The van der Waals surface area contributed by atoms with E-state index >= 15 is 0 Å². The molecule has 88 valence electrons. The van der Waals surface area contributed by atoms with E-state index < -0.39 is 0 Å². The van der Waals surface area contributed by atoms with Crippen molar-refractivity contribution in [2.75, 3.05) is 33.4 Å². The molecule has 1 saturated heterocycles. The molecule has 1 aromatic carbocycles. The van der Waals surface area contributed by atoms with Crippen molar-refractivity contribution in [1.82, 2.24) is 4.90 Å². The van der Waals surface area contributed by atoms with Crippen LogP contribution in [0.1, 0.15) is 5.56 Å². The number of methoxy groups -OCH3 is 1. The van der Waals surface area contributed by atoms with E-state index in [1.165, 1.54) is 5.56 Å². The van der Waals surface area contributed by atoms with Gasteiger partial charge in [0.15, 0.2) is 0 Å². The zero-order valence-corrected chi connectivity index (χ0v) is 9.76. The zero-order valence-electron chi connectivity index (χ0n) is 9.76. The van der Waals surface area contributed by atoms with Crippen LogP contribution in [0.3, 0.4) is 0 Å². The monoisotopic (exact) mass is 221 g/mol. The molecule has 3 heteroatoms. The van der Waals surface area contributed by atoms with Crippen LogP contribution in [0.25, 0.3) is 0 Å². The summed E-state index contributed by atoms with van der Waals surface area (Å²) in [6.45, 7) is 3.56. The van der Waals surface area contributed by atoms with Gasteiger partial charge in [-0.3, -0.25) is 4.90 Å². The van der Waals surface area contributed by atoms with E-state index in [1.54, 1.807) is 7.11 Å². The molecule has 1 aliphatic heterocycles. The van der Waals surface area contributed by atoms with Gasteiger partial charge in [-0.1, -0.05) is 30.3 Å². The van der Waals surface area contributed by atoms with E-state index in [9.17, 15) is 0 Å². The molecule has 0 N–H and O–H groups in total. The first-order valence-electron chi connectivity index (χ1n) is 5.78. The fourth-order valence-corrected chi connectivity index (χ4v) is 2.04. The van der Waals surface area contributed by atoms with Gasteiger partial charge < -0.3 is 9.47 Å². The predicted molar refractivity (Wildman–Crippen MR) is 63.3 cm³/mol. The summed E-state index contributed by atoms with van der Waals surface area (Å²) in [6.07, 6.45) is 1.11. The Morgan fingerprint density at radius 3 is 2.56 bits per heavy atom. The van der Waals surface area contributed by atoms with E-state index in [0.717, 1.165) is 32.7 Å². The molecule has 0 spiro atoms. The van der Waals surface area contributed by atoms with Crippen LogP contribution in [-0.4, -0.2) is 44.5 Å². The number of morpholine rings is 1. The highest BCUT2D eigenvalue weighted by atomic mass is 16.5. The lowest BCUT2D eigenvalue weighted by Gasteiger charge is -2.33. The van der Waals surface area contributed by atoms with E-state index in [0.29, 0.717) is 0 Å². The Morgan fingerprint density at radius 2 is 1.94 bits per heavy atom. The van der Waals surface area contributed by atoms with Crippen LogP contribution in [-0.2, 0) is 15.9 Å². The van der Waals surface area contributed by atoms with Gasteiger partial charge in [0, 0.05) is 26.6 Å². The zero-order chi connectivity index (χ0) is 11.2. The molecule has 1 unspecified atom stereocenters. The van der Waals surface area contributed by atoms with Crippen molar-refractivity contribution in [3.8, 4) is 0 Å². The Hall–Kier alpha value is -0.900. The van der Waals surface area contributed by atoms with Crippen LogP contribution in [0.15, 0.2) is 30.3 Å². The van der Waals surface area contributed by atoms with Gasteiger partial charge in [0.25, 0.3) is 0 Å². The maximum absolute atomic E-state index is 5.56. The van der Waals surface area contributed by atoms with Crippen molar-refractivity contribution in [2.45, 2.75) is 12.6 Å². The summed E-state index contributed by atoms with van der Waals surface area (Å²) in [5, 5.41) is 0. The summed E-state index contributed by atoms with van der Waals surface area (Å²) in [6, 6.07) is 10.5. The highest BCUT2D eigenvalue weighted by molar-refractivity contribution is 5.15. The number of hydrogen-bond acceptors (Lipinski definition) is 3. The van der Waals surface area contributed by atoms with Crippen molar-refractivity contribution in [1.29, 1.82) is 0 Å². The summed E-state index contributed by atoms with van der Waals surface area (Å²) in [4.78, 5) is 2.34. The van der Waals surface area contributed by atoms with E-state index in [-0.39, 0.29) is 6.23 Å². The number of rotatable bonds is 4. The Balaban J connectivity index is 1.94. The lowest BCUT2D eigenvalue weighted by atomic mass is 10.1. The Kier molecular flexibility index (Phi) is 4.34. The summed E-state index contributed by atoms with van der Waals surface area (Å²) < 4.78 is 10.9. The highest BCUT2D eigenvalue weighted by Crippen LogP contribution is 2.11. The van der Waals surface area contributed by atoms with Gasteiger partial charge in [-0.25, -0.2) is 0 Å². The second kappa shape index (κ2) is 5.99. The Bertz CT molecular complexity index is 296. The number of nitrogens with zero attached hydrogens (tertiary/aromatic N) is 1. The van der Waals surface area contributed by atoms with Crippen molar-refractivity contribution in [3.63, 3.8) is 0 Å². The van der Waals surface area contributed by atoms with Crippen LogP contribution in [0, 0.1) is 0 Å². The summed E-state index contributed by atoms with van der Waals surface area (Å²) in [5.74, 6) is 0. The molecule has 1 atom stereocenters. The fourth-order valence-electron chi connectivity index (χ4n) is 2.04. The third kappa shape index (κ3) is 3.04. The molecule has 2 rings (SSSR count). The summed E-state index contributed by atoms with van der Waals surface area (Å²) in [7, 11) is 1.78. The Morgan fingerprint density at radius 1 is 1.25 bits per heavy atom. The minimum atomic E-state index is 0.172. The van der Waals surface area contributed by atoms with Crippen LogP contribution in [0.2, 0.25) is 0 Å². The number of hydrogen-bond donors (Lipinski definition) is 0. The van der Waals surface area contributed by atoms with Crippen LogP contribution < -0.4 is 0 Å². The van der Waals surface area contributed by atoms with Crippen molar-refractivity contribution < 1.29 is 9.47 Å². The first-order valence-corrected chi connectivity index (χ1v) is 5.78. The normalized spacial score (nSPS) is 19.6. The van der Waals surface area contributed by atoms with Gasteiger partial charge in [0.2, 0.25) is 0 Å². The third-order valence-corrected chi connectivity index (χ3v) is 2.98. The molecule has 0 amide bonds. The third-order valence-electron chi connectivity index (χ3n) is 2.98. The number of ether oxygens (including phenoxy) is 2. The second-order valence-electron chi connectivity index (χ2n) is 4.03. The molecule has 0 aromatic heterocycles. The van der Waals surface area contributed by atoms with Crippen molar-refractivity contribution in [2.24, 2.45) is 0 Å². The molecule has 0 saturated carbocycles. The number of benzene rings is 1. The van der Waals surface area contributed by atoms with Crippen LogP contribution >= 0.6 is 0 Å². The quantitative estimate of drug-likeness (QED) is 0.769. The maximum atomic E-state index is 5.56. The second-order valence-corrected chi connectivity index (χ2v) is 4.03. The van der Waals surface area contributed by atoms with Crippen LogP contribution in [0.4, 0.5) is 0 Å². The van der Waals surface area contributed by atoms with Crippen molar-refractivity contribution >= 4 is 0 Å². The molecule has 3 nitrogen and oxygen atoms in total. The minimum Gasteiger partial charge on any atom is -0.379 e. The molecule has 1 heterocycles. The van der Waals surface area contributed by atoms with E-state index in [2.05, 4.69) is 29.2 Å². The van der Waals surface area contributed by atoms with E-state index in [1.807, 2.05) is 6.07 Å². The summed E-state index contributed by atoms with van der Waals surface area (Å²) >= 11 is 0. The molecule has 1 aliphatic rings. The minimum absolute atomic E-state index is 0.172. The van der Waals surface area contributed by atoms with Gasteiger partial charge in [-0.05, 0) is 5.56 Å². The lowest BCUT2D eigenvalue weighted by molar-refractivity contribution is -0.0777. The molecule has 0 aliphatic carbocycles. The molecule has 0 radical (unpaired) electrons. The van der Waals surface area contributed by atoms with Gasteiger partial charge >= 0.3 is 0 Å². The average Bonchev–Trinajstić information content (AvgIpc) is 2.38. The fraction of sp³-hybridized carbons (Fsp3) is 0.538. The topological polar surface area (TPSA) is 21.7 Å². The van der Waals surface area contributed by atoms with Gasteiger partial charge in [0.1, 0.15) is 6.23 Å². The largest absolute Gasteiger partial charge is 0.379 e. The maximum Gasteiger partial charge on any atom is 0.114 e. The molecule has 0 bridgehead atoms. The highest BCUT2D eigenvalue weighted by Gasteiger charge is 2.20. The first kappa shape index (κ1) is 11.6. The molecular formula is C13H19NO2. The smallest absolute Gasteiger partial charge is 0.114 e. The Labute approximate surface area is 97.0 Å². The van der Waals surface area contributed by atoms with Crippen LogP contribution in [0.5, 0.6) is 0 Å². The molecular weight excluding hydrogens is 202 g/mol. The average molecular weight is 221 g/mol. The van der Waals surface area contributed by atoms with Gasteiger partial charge in [-0.15, -0.1) is 0 Å².